The molecule has 0 aliphatic heterocycles. The van der Waals surface area contributed by atoms with Crippen LogP contribution in [0.1, 0.15) is 32.4 Å². The van der Waals surface area contributed by atoms with Gasteiger partial charge in [-0.1, -0.05) is 31.1 Å². The SMILES string of the molecule is Cc1noc(-c2ccc(NC(=O)Nc3cc(C(C)(C)C)on3)cc2)n1. The fourth-order valence-electron chi connectivity index (χ4n) is 2.08. The highest BCUT2D eigenvalue weighted by Crippen LogP contribution is 2.24. The zero-order valence-corrected chi connectivity index (χ0v) is 14.5. The van der Waals surface area contributed by atoms with Gasteiger partial charge in [0, 0.05) is 22.7 Å². The van der Waals surface area contributed by atoms with E-state index in [2.05, 4.69) is 25.9 Å². The lowest BCUT2D eigenvalue weighted by Gasteiger charge is -2.12. The quantitative estimate of drug-likeness (QED) is 0.746. The van der Waals surface area contributed by atoms with Gasteiger partial charge in [-0.05, 0) is 31.2 Å². The van der Waals surface area contributed by atoms with E-state index in [4.69, 9.17) is 9.05 Å². The Morgan fingerprint density at radius 1 is 1.04 bits per heavy atom. The van der Waals surface area contributed by atoms with Crippen LogP contribution in [-0.2, 0) is 5.41 Å². The van der Waals surface area contributed by atoms with Gasteiger partial charge in [0.1, 0.15) is 5.76 Å². The van der Waals surface area contributed by atoms with Crippen LogP contribution in [0.25, 0.3) is 11.5 Å². The number of urea groups is 1. The molecule has 0 fully saturated rings. The molecule has 8 nitrogen and oxygen atoms in total. The van der Waals surface area contributed by atoms with Crippen LogP contribution in [-0.4, -0.2) is 21.3 Å². The monoisotopic (exact) mass is 341 g/mol. The van der Waals surface area contributed by atoms with Crippen LogP contribution >= 0.6 is 0 Å². The van der Waals surface area contributed by atoms with E-state index in [1.54, 1.807) is 37.3 Å². The molecule has 0 aliphatic rings. The molecule has 130 valence electrons. The number of hydrogen-bond donors (Lipinski definition) is 2. The summed E-state index contributed by atoms with van der Waals surface area (Å²) in [6.07, 6.45) is 0. The highest BCUT2D eigenvalue weighted by molar-refractivity contribution is 5.99. The van der Waals surface area contributed by atoms with Crippen molar-refractivity contribution in [1.82, 2.24) is 15.3 Å². The van der Waals surface area contributed by atoms with Crippen LogP contribution < -0.4 is 10.6 Å². The van der Waals surface area contributed by atoms with Crippen LogP contribution in [0.15, 0.2) is 39.4 Å². The Balaban J connectivity index is 1.62. The molecular formula is C17H19N5O3. The zero-order valence-electron chi connectivity index (χ0n) is 14.5. The van der Waals surface area contributed by atoms with E-state index in [0.29, 0.717) is 29.0 Å². The minimum atomic E-state index is -0.407. The number of carbonyl (C=O) groups is 1. The summed E-state index contributed by atoms with van der Waals surface area (Å²) in [7, 11) is 0. The van der Waals surface area contributed by atoms with Gasteiger partial charge in [-0.3, -0.25) is 5.32 Å². The molecule has 2 aromatic heterocycles. The first-order valence-electron chi connectivity index (χ1n) is 7.77. The lowest BCUT2D eigenvalue weighted by atomic mass is 9.93. The molecular weight excluding hydrogens is 322 g/mol. The van der Waals surface area contributed by atoms with E-state index in [1.807, 2.05) is 20.8 Å². The van der Waals surface area contributed by atoms with E-state index in [0.717, 1.165) is 5.56 Å². The van der Waals surface area contributed by atoms with Gasteiger partial charge in [0.25, 0.3) is 5.89 Å². The van der Waals surface area contributed by atoms with Crippen molar-refractivity contribution in [3.63, 3.8) is 0 Å². The standard InChI is InChI=1S/C17H19N5O3/c1-10-18-15(25-21-10)11-5-7-12(8-6-11)19-16(23)20-14-9-13(24-22-14)17(2,3)4/h5-9H,1-4H3,(H2,19,20,22,23). The Morgan fingerprint density at radius 2 is 1.76 bits per heavy atom. The summed E-state index contributed by atoms with van der Waals surface area (Å²) in [6, 6.07) is 8.37. The normalized spacial score (nSPS) is 11.4. The minimum absolute atomic E-state index is 0.174. The molecule has 1 aromatic carbocycles. The Hall–Kier alpha value is -3.16. The van der Waals surface area contributed by atoms with E-state index < -0.39 is 6.03 Å². The fraction of sp³-hybridized carbons (Fsp3) is 0.294. The summed E-state index contributed by atoms with van der Waals surface area (Å²) in [5.74, 6) is 2.06. The molecule has 0 saturated heterocycles. The second-order valence-corrected chi connectivity index (χ2v) is 6.63. The van der Waals surface area contributed by atoms with Crippen LogP contribution in [0.2, 0.25) is 0 Å². The number of hydrogen-bond acceptors (Lipinski definition) is 6. The number of carbonyl (C=O) groups excluding carboxylic acids is 1. The van der Waals surface area contributed by atoms with Crippen molar-refractivity contribution in [2.24, 2.45) is 0 Å². The van der Waals surface area contributed by atoms with Gasteiger partial charge < -0.3 is 14.4 Å². The van der Waals surface area contributed by atoms with E-state index >= 15 is 0 Å². The van der Waals surface area contributed by atoms with Gasteiger partial charge in [-0.15, -0.1) is 0 Å². The summed E-state index contributed by atoms with van der Waals surface area (Å²) in [5.41, 5.74) is 1.22. The zero-order chi connectivity index (χ0) is 18.0. The maximum Gasteiger partial charge on any atom is 0.324 e. The summed E-state index contributed by atoms with van der Waals surface area (Å²) in [6.45, 7) is 7.76. The third-order valence-corrected chi connectivity index (χ3v) is 3.41. The molecule has 3 rings (SSSR count). The lowest BCUT2D eigenvalue weighted by Crippen LogP contribution is -2.19. The molecule has 8 heteroatoms. The third-order valence-electron chi connectivity index (χ3n) is 3.41. The second kappa shape index (κ2) is 6.39. The predicted octanol–water partition coefficient (Wildman–Crippen LogP) is 3.97. The number of aromatic nitrogens is 3. The molecule has 0 aliphatic carbocycles. The lowest BCUT2D eigenvalue weighted by molar-refractivity contribution is 0.262. The van der Waals surface area contributed by atoms with Gasteiger partial charge in [0.2, 0.25) is 0 Å². The maximum absolute atomic E-state index is 12.1. The largest absolute Gasteiger partial charge is 0.359 e. The Kier molecular flexibility index (Phi) is 4.26. The van der Waals surface area contributed by atoms with Crippen LogP contribution in [0.4, 0.5) is 16.3 Å². The van der Waals surface area contributed by atoms with Crippen molar-refractivity contribution >= 4 is 17.5 Å². The minimum Gasteiger partial charge on any atom is -0.359 e. The number of aryl methyl sites for hydroxylation is 1. The van der Waals surface area contributed by atoms with Gasteiger partial charge in [-0.2, -0.15) is 4.98 Å². The predicted molar refractivity (Wildman–Crippen MR) is 92.3 cm³/mol. The Morgan fingerprint density at radius 3 is 2.32 bits per heavy atom. The maximum atomic E-state index is 12.1. The van der Waals surface area contributed by atoms with Crippen molar-refractivity contribution in [2.75, 3.05) is 10.6 Å². The van der Waals surface area contributed by atoms with Gasteiger partial charge in [-0.25, -0.2) is 4.79 Å². The smallest absolute Gasteiger partial charge is 0.324 e. The first-order valence-corrected chi connectivity index (χ1v) is 7.77. The van der Waals surface area contributed by atoms with Crippen molar-refractivity contribution < 1.29 is 13.8 Å². The summed E-state index contributed by atoms with van der Waals surface area (Å²) in [4.78, 5) is 16.2. The second-order valence-electron chi connectivity index (χ2n) is 6.63. The first-order chi connectivity index (χ1) is 11.8. The number of nitrogens with zero attached hydrogens (tertiary/aromatic N) is 3. The Labute approximate surface area is 144 Å². The van der Waals surface area contributed by atoms with E-state index in [9.17, 15) is 4.79 Å². The van der Waals surface area contributed by atoms with Gasteiger partial charge in [0.15, 0.2) is 11.6 Å². The number of rotatable bonds is 3. The van der Waals surface area contributed by atoms with Crippen LogP contribution in [0.3, 0.4) is 0 Å². The molecule has 0 atom stereocenters. The third kappa shape index (κ3) is 4.03. The Bertz CT molecular complexity index is 874. The average molecular weight is 341 g/mol. The fourth-order valence-corrected chi connectivity index (χ4v) is 2.08. The number of amides is 2. The van der Waals surface area contributed by atoms with Gasteiger partial charge in [0.05, 0.1) is 0 Å². The molecule has 2 amide bonds. The van der Waals surface area contributed by atoms with Crippen molar-refractivity contribution in [3.05, 3.63) is 41.9 Å². The number of anilines is 2. The highest BCUT2D eigenvalue weighted by atomic mass is 16.5. The number of benzene rings is 1. The van der Waals surface area contributed by atoms with E-state index in [-0.39, 0.29) is 5.41 Å². The molecule has 25 heavy (non-hydrogen) atoms. The molecule has 0 unspecified atom stereocenters. The van der Waals surface area contributed by atoms with Crippen molar-refractivity contribution in [2.45, 2.75) is 33.1 Å². The van der Waals surface area contributed by atoms with Gasteiger partial charge >= 0.3 is 6.03 Å². The average Bonchev–Trinajstić information content (AvgIpc) is 3.17. The van der Waals surface area contributed by atoms with Crippen molar-refractivity contribution in [1.29, 1.82) is 0 Å². The molecule has 0 bridgehead atoms. The molecule has 0 saturated carbocycles. The summed E-state index contributed by atoms with van der Waals surface area (Å²) >= 11 is 0. The molecule has 0 radical (unpaired) electrons. The topological polar surface area (TPSA) is 106 Å². The summed E-state index contributed by atoms with van der Waals surface area (Å²) in [5, 5.41) is 13.0. The molecule has 2 heterocycles. The molecule has 3 aromatic rings. The van der Waals surface area contributed by atoms with Crippen LogP contribution in [0, 0.1) is 6.92 Å². The molecule has 2 N–H and O–H groups in total. The first kappa shape index (κ1) is 16.7. The van der Waals surface area contributed by atoms with Crippen LogP contribution in [0.5, 0.6) is 0 Å². The summed E-state index contributed by atoms with van der Waals surface area (Å²) < 4.78 is 10.3. The van der Waals surface area contributed by atoms with E-state index in [1.165, 1.54) is 0 Å². The molecule has 0 spiro atoms. The number of nitrogens with one attached hydrogen (secondary N) is 2. The highest BCUT2D eigenvalue weighted by Gasteiger charge is 2.20. The van der Waals surface area contributed by atoms with Crippen molar-refractivity contribution in [3.8, 4) is 11.5 Å².